The number of allylic oxidation sites excluding steroid dienone is 1. The monoisotopic (exact) mass is 198 g/mol. The third-order valence-corrected chi connectivity index (χ3v) is 0.726. The molecule has 0 aromatic rings. The highest BCUT2D eigenvalue weighted by atomic mass is 16.5. The summed E-state index contributed by atoms with van der Waals surface area (Å²) >= 11 is 0. The van der Waals surface area contributed by atoms with Crippen LogP contribution in [0.15, 0.2) is 38.5 Å². The quantitative estimate of drug-likeness (QED) is 0.395. The van der Waals surface area contributed by atoms with Gasteiger partial charge in [-0.3, -0.25) is 0 Å². The second kappa shape index (κ2) is 17.7. The standard InChI is InChI=1S/C7H12O2.C3H6.C2H4/c1-4-7(8)9-5-6(2)3;1-3-2;1-2/h4,6H,1,5H2,2-3H3;3H,1H2,2H3;1-2H2. The highest BCUT2D eigenvalue weighted by molar-refractivity contribution is 5.81. The highest BCUT2D eigenvalue weighted by Gasteiger charge is 1.96. The summed E-state index contributed by atoms with van der Waals surface area (Å²) in [6.07, 6.45) is 2.92. The lowest BCUT2D eigenvalue weighted by Gasteiger charge is -2.02. The Labute approximate surface area is 88.0 Å². The zero-order chi connectivity index (χ0) is 12.0. The molecule has 0 N–H and O–H groups in total. The summed E-state index contributed by atoms with van der Waals surface area (Å²) in [4.78, 5) is 10.4. The second-order valence-corrected chi connectivity index (χ2v) is 2.64. The van der Waals surface area contributed by atoms with Crippen molar-refractivity contribution in [1.29, 1.82) is 0 Å². The predicted octanol–water partition coefficient (Wildman–Crippen LogP) is 3.37. The maximum Gasteiger partial charge on any atom is 0.330 e. The van der Waals surface area contributed by atoms with E-state index in [-0.39, 0.29) is 5.97 Å². The van der Waals surface area contributed by atoms with Crippen LogP contribution in [-0.4, -0.2) is 12.6 Å². The average molecular weight is 198 g/mol. The largest absolute Gasteiger partial charge is 0.462 e. The van der Waals surface area contributed by atoms with Crippen LogP contribution in [0.2, 0.25) is 0 Å². The minimum atomic E-state index is -0.344. The molecule has 0 heterocycles. The highest BCUT2D eigenvalue weighted by Crippen LogP contribution is 1.92. The Hall–Kier alpha value is -1.31. The summed E-state index contributed by atoms with van der Waals surface area (Å²) in [5, 5.41) is 0. The van der Waals surface area contributed by atoms with Crippen LogP contribution < -0.4 is 0 Å². The molecule has 14 heavy (non-hydrogen) atoms. The van der Waals surface area contributed by atoms with E-state index >= 15 is 0 Å². The summed E-state index contributed by atoms with van der Waals surface area (Å²) < 4.78 is 4.70. The van der Waals surface area contributed by atoms with Gasteiger partial charge in [0.1, 0.15) is 0 Å². The lowest BCUT2D eigenvalue weighted by molar-refractivity contribution is -0.138. The molecule has 0 aliphatic carbocycles. The van der Waals surface area contributed by atoms with Crippen molar-refractivity contribution in [2.24, 2.45) is 5.92 Å². The molecule has 0 aromatic heterocycles. The molecule has 0 radical (unpaired) electrons. The minimum absolute atomic E-state index is 0.344. The second-order valence-electron chi connectivity index (χ2n) is 2.64. The van der Waals surface area contributed by atoms with E-state index in [2.05, 4.69) is 26.3 Å². The Morgan fingerprint density at radius 2 is 1.71 bits per heavy atom. The van der Waals surface area contributed by atoms with Gasteiger partial charge in [0.25, 0.3) is 0 Å². The normalized spacial score (nSPS) is 7.14. The fourth-order valence-electron chi connectivity index (χ4n) is 0.308. The van der Waals surface area contributed by atoms with Crippen LogP contribution in [0.5, 0.6) is 0 Å². The van der Waals surface area contributed by atoms with E-state index in [0.29, 0.717) is 12.5 Å². The first-order chi connectivity index (χ1) is 6.58. The average Bonchev–Trinajstić information content (AvgIpc) is 2.18. The van der Waals surface area contributed by atoms with E-state index in [4.69, 9.17) is 4.74 Å². The predicted molar refractivity (Wildman–Crippen MR) is 63.1 cm³/mol. The van der Waals surface area contributed by atoms with E-state index in [1.807, 2.05) is 20.8 Å². The smallest absolute Gasteiger partial charge is 0.330 e. The van der Waals surface area contributed by atoms with E-state index in [1.54, 1.807) is 6.08 Å². The third-order valence-electron chi connectivity index (χ3n) is 0.726. The first-order valence-corrected chi connectivity index (χ1v) is 4.44. The SMILES string of the molecule is C=C.C=CC.C=CC(=O)OCC(C)C. The number of ether oxygens (including phenoxy) is 1. The molecule has 0 saturated carbocycles. The van der Waals surface area contributed by atoms with Gasteiger partial charge in [-0.15, -0.1) is 19.7 Å². The van der Waals surface area contributed by atoms with Crippen LogP contribution in [0.25, 0.3) is 0 Å². The van der Waals surface area contributed by atoms with Gasteiger partial charge in [0, 0.05) is 6.08 Å². The molecular formula is C12H22O2. The fourth-order valence-corrected chi connectivity index (χ4v) is 0.308. The van der Waals surface area contributed by atoms with E-state index < -0.39 is 0 Å². The van der Waals surface area contributed by atoms with E-state index in [1.165, 1.54) is 6.08 Å². The van der Waals surface area contributed by atoms with Crippen LogP contribution in [0.4, 0.5) is 0 Å². The van der Waals surface area contributed by atoms with Crippen LogP contribution in [0.3, 0.4) is 0 Å². The molecule has 2 nitrogen and oxygen atoms in total. The van der Waals surface area contributed by atoms with E-state index in [9.17, 15) is 4.79 Å². The fraction of sp³-hybridized carbons (Fsp3) is 0.417. The van der Waals surface area contributed by atoms with Crippen LogP contribution >= 0.6 is 0 Å². The summed E-state index contributed by atoms with van der Waals surface area (Å²) in [5.41, 5.74) is 0. The van der Waals surface area contributed by atoms with Crippen molar-refractivity contribution in [3.05, 3.63) is 38.5 Å². The van der Waals surface area contributed by atoms with Gasteiger partial charge in [-0.2, -0.15) is 0 Å². The Bertz CT molecular complexity index is 148. The Morgan fingerprint density at radius 3 is 1.93 bits per heavy atom. The summed E-state index contributed by atoms with van der Waals surface area (Å²) in [6, 6.07) is 0. The Morgan fingerprint density at radius 1 is 1.36 bits per heavy atom. The molecule has 0 saturated heterocycles. The van der Waals surface area contributed by atoms with Crippen molar-refractivity contribution in [3.8, 4) is 0 Å². The van der Waals surface area contributed by atoms with Gasteiger partial charge in [0.2, 0.25) is 0 Å². The molecule has 0 rings (SSSR count). The van der Waals surface area contributed by atoms with Crippen molar-refractivity contribution in [3.63, 3.8) is 0 Å². The Kier molecular flexibility index (Phi) is 23.3. The number of carbonyl (C=O) groups is 1. The molecule has 0 bridgehead atoms. The third kappa shape index (κ3) is 31.0. The molecule has 0 fully saturated rings. The van der Waals surface area contributed by atoms with Crippen molar-refractivity contribution in [1.82, 2.24) is 0 Å². The maximum absolute atomic E-state index is 10.4. The summed E-state index contributed by atoms with van der Waals surface area (Å²) in [7, 11) is 0. The van der Waals surface area contributed by atoms with Crippen LogP contribution in [0, 0.1) is 5.92 Å². The first-order valence-electron chi connectivity index (χ1n) is 4.44. The molecule has 2 heteroatoms. The number of hydrogen-bond acceptors (Lipinski definition) is 2. The van der Waals surface area contributed by atoms with Crippen molar-refractivity contribution >= 4 is 5.97 Å². The number of esters is 1. The minimum Gasteiger partial charge on any atom is -0.462 e. The summed E-state index contributed by atoms with van der Waals surface area (Å²) in [6.45, 7) is 19.0. The molecule has 82 valence electrons. The lowest BCUT2D eigenvalue weighted by atomic mass is 10.2. The van der Waals surface area contributed by atoms with Crippen molar-refractivity contribution in [2.45, 2.75) is 20.8 Å². The van der Waals surface area contributed by atoms with Gasteiger partial charge in [-0.05, 0) is 12.8 Å². The molecule has 0 unspecified atom stereocenters. The molecule has 0 aromatic carbocycles. The van der Waals surface area contributed by atoms with Crippen molar-refractivity contribution in [2.75, 3.05) is 6.61 Å². The molecular weight excluding hydrogens is 176 g/mol. The van der Waals surface area contributed by atoms with Gasteiger partial charge in [0.05, 0.1) is 6.61 Å². The topological polar surface area (TPSA) is 26.3 Å². The van der Waals surface area contributed by atoms with Gasteiger partial charge in [-0.1, -0.05) is 26.5 Å². The number of rotatable bonds is 3. The van der Waals surface area contributed by atoms with Gasteiger partial charge in [-0.25, -0.2) is 4.79 Å². The lowest BCUT2D eigenvalue weighted by Crippen LogP contribution is -2.06. The van der Waals surface area contributed by atoms with Crippen LogP contribution in [0.1, 0.15) is 20.8 Å². The number of carbonyl (C=O) groups excluding carboxylic acids is 1. The molecule has 0 spiro atoms. The maximum atomic E-state index is 10.4. The molecule has 0 aliphatic heterocycles. The Balaban J connectivity index is -0.000000205. The zero-order valence-corrected chi connectivity index (χ0v) is 9.58. The van der Waals surface area contributed by atoms with Crippen molar-refractivity contribution < 1.29 is 9.53 Å². The van der Waals surface area contributed by atoms with Gasteiger partial charge >= 0.3 is 5.97 Å². The van der Waals surface area contributed by atoms with Gasteiger partial charge in [0.15, 0.2) is 0 Å². The number of hydrogen-bond donors (Lipinski definition) is 0. The zero-order valence-electron chi connectivity index (χ0n) is 9.58. The van der Waals surface area contributed by atoms with Gasteiger partial charge < -0.3 is 4.74 Å². The molecule has 0 atom stereocenters. The molecule has 0 aliphatic rings. The van der Waals surface area contributed by atoms with E-state index in [0.717, 1.165) is 0 Å². The first kappa shape index (κ1) is 18.5. The molecule has 0 amide bonds. The van der Waals surface area contributed by atoms with Crippen LogP contribution in [-0.2, 0) is 9.53 Å². The summed E-state index contributed by atoms with van der Waals surface area (Å²) in [5.74, 6) is 0.0533.